The highest BCUT2D eigenvalue weighted by Gasteiger charge is 2.10. The van der Waals surface area contributed by atoms with Crippen LogP contribution >= 0.6 is 0 Å². The fourth-order valence-electron chi connectivity index (χ4n) is 1.83. The third-order valence-corrected chi connectivity index (χ3v) is 2.95. The van der Waals surface area contributed by atoms with Crippen LogP contribution in [0.4, 0.5) is 5.69 Å². The van der Waals surface area contributed by atoms with Crippen molar-refractivity contribution in [3.8, 4) is 11.5 Å². The van der Waals surface area contributed by atoms with E-state index in [0.29, 0.717) is 11.1 Å². The quantitative estimate of drug-likeness (QED) is 0.263. The van der Waals surface area contributed by atoms with E-state index >= 15 is 0 Å². The van der Waals surface area contributed by atoms with Crippen molar-refractivity contribution in [3.05, 3.63) is 63.7 Å². The molecule has 0 saturated heterocycles. The first-order valence-corrected chi connectivity index (χ1v) is 5.98. The molecule has 2 aromatic rings. The number of hydrogen-bond donors (Lipinski definition) is 3. The van der Waals surface area contributed by atoms with Crippen molar-refractivity contribution in [1.82, 2.24) is 0 Å². The van der Waals surface area contributed by atoms with Gasteiger partial charge in [-0.3, -0.25) is 10.1 Å². The maximum Gasteiger partial charge on any atom is 0.269 e. The van der Waals surface area contributed by atoms with Crippen LogP contribution in [0.2, 0.25) is 0 Å². The van der Waals surface area contributed by atoms with E-state index in [0.717, 1.165) is 0 Å². The van der Waals surface area contributed by atoms with Crippen LogP contribution in [0.5, 0.6) is 11.5 Å². The lowest BCUT2D eigenvalue weighted by Gasteiger charge is -2.06. The van der Waals surface area contributed by atoms with Crippen LogP contribution in [0.15, 0.2) is 47.6 Å². The molecule has 3 N–H and O–H groups in total. The van der Waals surface area contributed by atoms with Crippen molar-refractivity contribution >= 4 is 11.4 Å². The minimum absolute atomic E-state index is 0.0245. The van der Waals surface area contributed by atoms with Crippen LogP contribution in [0.3, 0.4) is 0 Å². The standard InChI is InChI=1S/C14H12N2O5/c17-13-6-3-10(8-14(13)18)12(15-19)7-9-1-4-11(5-2-9)16(20)21/h1-6,8,17-19H,7H2/b15-12+. The summed E-state index contributed by atoms with van der Waals surface area (Å²) < 4.78 is 0. The minimum atomic E-state index is -0.497. The van der Waals surface area contributed by atoms with Crippen molar-refractivity contribution in [2.45, 2.75) is 6.42 Å². The van der Waals surface area contributed by atoms with Gasteiger partial charge >= 0.3 is 0 Å². The summed E-state index contributed by atoms with van der Waals surface area (Å²) >= 11 is 0. The highest BCUT2D eigenvalue weighted by atomic mass is 16.6. The van der Waals surface area contributed by atoms with Gasteiger partial charge in [0.1, 0.15) is 0 Å². The summed E-state index contributed by atoms with van der Waals surface area (Å²) in [5, 5.41) is 41.5. The Kier molecular flexibility index (Phi) is 4.03. The number of nitro benzene ring substituents is 1. The van der Waals surface area contributed by atoms with Crippen molar-refractivity contribution in [2.75, 3.05) is 0 Å². The molecule has 2 aromatic carbocycles. The Hall–Kier alpha value is -3.09. The molecule has 0 bridgehead atoms. The smallest absolute Gasteiger partial charge is 0.269 e. The van der Waals surface area contributed by atoms with Gasteiger partial charge in [-0.1, -0.05) is 17.3 Å². The van der Waals surface area contributed by atoms with Crippen LogP contribution in [-0.2, 0) is 6.42 Å². The molecule has 0 saturated carbocycles. The molecule has 7 heteroatoms. The van der Waals surface area contributed by atoms with E-state index in [9.17, 15) is 20.3 Å². The minimum Gasteiger partial charge on any atom is -0.504 e. The van der Waals surface area contributed by atoms with Crippen molar-refractivity contribution in [2.24, 2.45) is 5.16 Å². The number of aromatic hydroxyl groups is 2. The highest BCUT2D eigenvalue weighted by molar-refractivity contribution is 6.02. The number of non-ortho nitro benzene ring substituents is 1. The number of rotatable bonds is 4. The zero-order valence-electron chi connectivity index (χ0n) is 10.8. The molecule has 0 unspecified atom stereocenters. The lowest BCUT2D eigenvalue weighted by Crippen LogP contribution is -2.05. The summed E-state index contributed by atoms with van der Waals surface area (Å²) in [5.41, 5.74) is 1.38. The number of phenolic OH excluding ortho intramolecular Hbond substituents is 2. The normalized spacial score (nSPS) is 11.3. The lowest BCUT2D eigenvalue weighted by atomic mass is 10.0. The molecule has 0 aliphatic carbocycles. The SMILES string of the molecule is O=[N+]([O-])c1ccc(C/C(=N\O)c2ccc(O)c(O)c2)cc1. The first-order valence-electron chi connectivity index (χ1n) is 5.98. The number of nitrogens with zero attached hydrogens (tertiary/aromatic N) is 2. The van der Waals surface area contributed by atoms with Gasteiger partial charge in [-0.25, -0.2) is 0 Å². The molecule has 2 rings (SSSR count). The van der Waals surface area contributed by atoms with E-state index in [2.05, 4.69) is 5.16 Å². The number of phenols is 2. The van der Waals surface area contributed by atoms with E-state index in [-0.39, 0.29) is 29.3 Å². The summed E-state index contributed by atoms with van der Waals surface area (Å²) in [4.78, 5) is 10.1. The molecular formula is C14H12N2O5. The molecule has 0 fully saturated rings. The Morgan fingerprint density at radius 2 is 1.76 bits per heavy atom. The predicted molar refractivity (Wildman–Crippen MR) is 74.9 cm³/mol. The fraction of sp³-hybridized carbons (Fsp3) is 0.0714. The molecule has 0 aromatic heterocycles. The number of hydrogen-bond acceptors (Lipinski definition) is 6. The van der Waals surface area contributed by atoms with Gasteiger partial charge < -0.3 is 15.4 Å². The molecule has 21 heavy (non-hydrogen) atoms. The van der Waals surface area contributed by atoms with Crippen LogP contribution in [0.25, 0.3) is 0 Å². The molecule has 0 radical (unpaired) electrons. The number of benzene rings is 2. The fourth-order valence-corrected chi connectivity index (χ4v) is 1.83. The van der Waals surface area contributed by atoms with Gasteiger partial charge in [-0.05, 0) is 23.8 Å². The summed E-state index contributed by atoms with van der Waals surface area (Å²) in [6, 6.07) is 9.89. The second-order valence-corrected chi connectivity index (χ2v) is 4.35. The molecule has 0 spiro atoms. The topological polar surface area (TPSA) is 116 Å². The summed E-state index contributed by atoms with van der Waals surface area (Å²) in [5.74, 6) is -0.594. The van der Waals surface area contributed by atoms with E-state index in [1.54, 1.807) is 12.1 Å². The third kappa shape index (κ3) is 3.27. The average Bonchev–Trinajstić information content (AvgIpc) is 2.48. The van der Waals surface area contributed by atoms with Gasteiger partial charge in [0, 0.05) is 24.1 Å². The average molecular weight is 288 g/mol. The molecule has 0 aliphatic rings. The van der Waals surface area contributed by atoms with Crippen LogP contribution in [0.1, 0.15) is 11.1 Å². The lowest BCUT2D eigenvalue weighted by molar-refractivity contribution is -0.384. The van der Waals surface area contributed by atoms with Gasteiger partial charge in [0.05, 0.1) is 10.6 Å². The van der Waals surface area contributed by atoms with Gasteiger partial charge in [-0.15, -0.1) is 0 Å². The molecule has 7 nitrogen and oxygen atoms in total. The summed E-state index contributed by atoms with van der Waals surface area (Å²) in [6.45, 7) is 0. The maximum absolute atomic E-state index is 10.6. The van der Waals surface area contributed by atoms with Crippen molar-refractivity contribution < 1.29 is 20.3 Å². The Balaban J connectivity index is 2.23. The largest absolute Gasteiger partial charge is 0.504 e. The molecule has 0 aliphatic heterocycles. The summed E-state index contributed by atoms with van der Waals surface area (Å²) in [6.07, 6.45) is 0.221. The van der Waals surface area contributed by atoms with Gasteiger partial charge in [0.25, 0.3) is 5.69 Å². The molecule has 0 heterocycles. The summed E-state index contributed by atoms with van der Waals surface area (Å²) in [7, 11) is 0. The molecule has 108 valence electrons. The van der Waals surface area contributed by atoms with Crippen molar-refractivity contribution in [3.63, 3.8) is 0 Å². The Morgan fingerprint density at radius 3 is 2.29 bits per heavy atom. The van der Waals surface area contributed by atoms with E-state index in [4.69, 9.17) is 5.21 Å². The monoisotopic (exact) mass is 288 g/mol. The Labute approximate surface area is 119 Å². The van der Waals surface area contributed by atoms with Gasteiger partial charge in [0.15, 0.2) is 11.5 Å². The van der Waals surface area contributed by atoms with Crippen molar-refractivity contribution in [1.29, 1.82) is 0 Å². The Bertz CT molecular complexity index is 695. The van der Waals surface area contributed by atoms with Gasteiger partial charge in [-0.2, -0.15) is 0 Å². The number of nitro groups is 1. The zero-order valence-corrected chi connectivity index (χ0v) is 10.8. The zero-order chi connectivity index (χ0) is 15.4. The van der Waals surface area contributed by atoms with Crippen LogP contribution < -0.4 is 0 Å². The highest BCUT2D eigenvalue weighted by Crippen LogP contribution is 2.26. The first kappa shape index (κ1) is 14.3. The molecular weight excluding hydrogens is 276 g/mol. The van der Waals surface area contributed by atoms with E-state index < -0.39 is 4.92 Å². The maximum atomic E-state index is 10.6. The van der Waals surface area contributed by atoms with Gasteiger partial charge in [0.2, 0.25) is 0 Å². The van der Waals surface area contributed by atoms with E-state index in [1.807, 2.05) is 0 Å². The first-order chi connectivity index (χ1) is 10.0. The number of oxime groups is 1. The molecule has 0 amide bonds. The van der Waals surface area contributed by atoms with Crippen LogP contribution in [-0.4, -0.2) is 26.1 Å². The van der Waals surface area contributed by atoms with E-state index in [1.165, 1.54) is 30.3 Å². The molecule has 0 atom stereocenters. The third-order valence-electron chi connectivity index (χ3n) is 2.95. The second kappa shape index (κ2) is 5.91. The Morgan fingerprint density at radius 1 is 1.10 bits per heavy atom. The second-order valence-electron chi connectivity index (χ2n) is 4.35. The predicted octanol–water partition coefficient (Wildman–Crippen LogP) is 2.43. The van der Waals surface area contributed by atoms with Crippen LogP contribution in [0, 0.1) is 10.1 Å².